The Balaban J connectivity index is 2.11. The van der Waals surface area contributed by atoms with E-state index in [2.05, 4.69) is 62.6 Å². The second kappa shape index (κ2) is 4.29. The van der Waals surface area contributed by atoms with Gasteiger partial charge in [0.2, 0.25) is 5.95 Å². The van der Waals surface area contributed by atoms with Crippen LogP contribution in [0.3, 0.4) is 0 Å². The summed E-state index contributed by atoms with van der Waals surface area (Å²) in [5.74, 6) is 1.05. The van der Waals surface area contributed by atoms with Crippen LogP contribution >= 0.6 is 0 Å². The Hall–Kier alpha value is -0.990. The molecule has 1 fully saturated rings. The van der Waals surface area contributed by atoms with Crippen LogP contribution in [0, 0.1) is 17.8 Å². The first-order chi connectivity index (χ1) is 8.30. The van der Waals surface area contributed by atoms with Gasteiger partial charge in [-0.1, -0.05) is 41.0 Å². The van der Waals surface area contributed by atoms with Gasteiger partial charge in [-0.05, 0) is 24.2 Å². The van der Waals surface area contributed by atoms with Crippen LogP contribution in [0.1, 0.15) is 53.2 Å². The lowest BCUT2D eigenvalue weighted by Gasteiger charge is -2.10. The van der Waals surface area contributed by atoms with Gasteiger partial charge in [0.1, 0.15) is 0 Å². The molecule has 2 rings (SSSR count). The molecule has 0 atom stereocenters. The summed E-state index contributed by atoms with van der Waals surface area (Å²) in [5, 5.41) is 3.65. The topological polar surface area (TPSA) is 29.9 Å². The fraction of sp³-hybridized carbons (Fsp3) is 0.800. The molecule has 0 amide bonds. The summed E-state index contributed by atoms with van der Waals surface area (Å²) in [7, 11) is 0. The smallest absolute Gasteiger partial charge is 0.203 e. The molecule has 1 aromatic heterocycles. The molecule has 1 aliphatic rings. The molecule has 1 heterocycles. The molecule has 18 heavy (non-hydrogen) atoms. The van der Waals surface area contributed by atoms with Gasteiger partial charge in [0.25, 0.3) is 0 Å². The number of anilines is 1. The van der Waals surface area contributed by atoms with E-state index in [0.29, 0.717) is 16.9 Å². The van der Waals surface area contributed by atoms with E-state index in [1.807, 2.05) is 0 Å². The van der Waals surface area contributed by atoms with Gasteiger partial charge >= 0.3 is 0 Å². The molecule has 3 nitrogen and oxygen atoms in total. The van der Waals surface area contributed by atoms with Crippen molar-refractivity contribution in [2.24, 2.45) is 10.8 Å². The van der Waals surface area contributed by atoms with Gasteiger partial charge in [-0.15, -0.1) is 0 Å². The highest BCUT2D eigenvalue weighted by atomic mass is 15.2. The summed E-state index contributed by atoms with van der Waals surface area (Å²) >= 11 is 0. The Bertz CT molecular complexity index is 415. The Morgan fingerprint density at radius 1 is 1.28 bits per heavy atom. The molecule has 0 radical (unpaired) electrons. The van der Waals surface area contributed by atoms with Crippen molar-refractivity contribution in [3.63, 3.8) is 0 Å². The number of imidazole rings is 1. The van der Waals surface area contributed by atoms with Gasteiger partial charge in [-0.3, -0.25) is 0 Å². The van der Waals surface area contributed by atoms with Gasteiger partial charge in [-0.25, -0.2) is 4.98 Å². The standard InChI is InChI=1S/C15H27N3/c1-7-8-9-18-10-11(2)16-13(18)17-12-14(3,4)15(12,5)6/h10,12H,7-9H2,1-6H3,(H,16,17). The minimum absolute atomic E-state index is 0.350. The number of aryl methyl sites for hydroxylation is 2. The molecule has 1 aromatic rings. The third-order valence-corrected chi connectivity index (χ3v) is 4.94. The predicted octanol–water partition coefficient (Wildman–Crippen LogP) is 3.84. The van der Waals surface area contributed by atoms with E-state index in [9.17, 15) is 0 Å². The van der Waals surface area contributed by atoms with Gasteiger partial charge in [0.15, 0.2) is 0 Å². The Kier molecular flexibility index (Phi) is 3.20. The fourth-order valence-electron chi connectivity index (χ4n) is 2.85. The minimum atomic E-state index is 0.350. The van der Waals surface area contributed by atoms with Gasteiger partial charge < -0.3 is 9.88 Å². The van der Waals surface area contributed by atoms with Crippen molar-refractivity contribution in [2.45, 2.75) is 67.0 Å². The number of aromatic nitrogens is 2. The number of unbranched alkanes of at least 4 members (excludes halogenated alkanes) is 1. The monoisotopic (exact) mass is 249 g/mol. The Labute approximate surface area is 111 Å². The second-order valence-corrected chi connectivity index (χ2v) is 6.77. The molecule has 0 unspecified atom stereocenters. The van der Waals surface area contributed by atoms with Crippen LogP contribution in [0.4, 0.5) is 5.95 Å². The van der Waals surface area contributed by atoms with Crippen molar-refractivity contribution >= 4 is 5.95 Å². The highest BCUT2D eigenvalue weighted by Gasteiger charge is 2.65. The maximum absolute atomic E-state index is 4.63. The van der Waals surface area contributed by atoms with E-state index in [-0.39, 0.29) is 0 Å². The number of hydrogen-bond donors (Lipinski definition) is 1. The van der Waals surface area contributed by atoms with Crippen LogP contribution < -0.4 is 5.32 Å². The molecule has 0 aromatic carbocycles. The van der Waals surface area contributed by atoms with Gasteiger partial charge in [0.05, 0.1) is 5.69 Å². The van der Waals surface area contributed by atoms with Crippen molar-refractivity contribution in [3.05, 3.63) is 11.9 Å². The fourth-order valence-corrected chi connectivity index (χ4v) is 2.85. The zero-order chi connectivity index (χ0) is 13.6. The highest BCUT2D eigenvalue weighted by Crippen LogP contribution is 2.63. The minimum Gasteiger partial charge on any atom is -0.352 e. The van der Waals surface area contributed by atoms with Crippen molar-refractivity contribution < 1.29 is 0 Å². The summed E-state index contributed by atoms with van der Waals surface area (Å²) in [5.41, 5.74) is 1.80. The zero-order valence-corrected chi connectivity index (χ0v) is 12.7. The molecule has 0 spiro atoms. The summed E-state index contributed by atoms with van der Waals surface area (Å²) < 4.78 is 2.27. The molecule has 1 saturated carbocycles. The molecule has 0 saturated heterocycles. The quantitative estimate of drug-likeness (QED) is 0.859. The highest BCUT2D eigenvalue weighted by molar-refractivity contribution is 5.38. The number of nitrogens with one attached hydrogen (secondary N) is 1. The van der Waals surface area contributed by atoms with Gasteiger partial charge in [-0.2, -0.15) is 0 Å². The lowest BCUT2D eigenvalue weighted by molar-refractivity contribution is 0.457. The number of hydrogen-bond acceptors (Lipinski definition) is 2. The molecule has 0 aliphatic heterocycles. The van der Waals surface area contributed by atoms with Crippen LogP contribution in [-0.4, -0.2) is 15.6 Å². The zero-order valence-electron chi connectivity index (χ0n) is 12.7. The van der Waals surface area contributed by atoms with Gasteiger partial charge in [0, 0.05) is 18.8 Å². The predicted molar refractivity (Wildman–Crippen MR) is 76.8 cm³/mol. The van der Waals surface area contributed by atoms with E-state index in [1.165, 1.54) is 12.8 Å². The molecule has 102 valence electrons. The third-order valence-electron chi connectivity index (χ3n) is 4.94. The van der Waals surface area contributed by atoms with Crippen LogP contribution in [0.25, 0.3) is 0 Å². The molecule has 1 N–H and O–H groups in total. The van der Waals surface area contributed by atoms with E-state index >= 15 is 0 Å². The Morgan fingerprint density at radius 3 is 2.39 bits per heavy atom. The second-order valence-electron chi connectivity index (χ2n) is 6.77. The maximum atomic E-state index is 4.63. The van der Waals surface area contributed by atoms with E-state index < -0.39 is 0 Å². The summed E-state index contributed by atoms with van der Waals surface area (Å²) in [6, 6.07) is 0.521. The molecular weight excluding hydrogens is 222 g/mol. The van der Waals surface area contributed by atoms with E-state index in [1.54, 1.807) is 0 Å². The summed E-state index contributed by atoms with van der Waals surface area (Å²) in [4.78, 5) is 4.63. The molecule has 0 bridgehead atoms. The SMILES string of the molecule is CCCCn1cc(C)nc1NC1C(C)(C)C1(C)C. The van der Waals surface area contributed by atoms with Crippen molar-refractivity contribution in [3.8, 4) is 0 Å². The Morgan fingerprint density at radius 2 is 1.89 bits per heavy atom. The lowest BCUT2D eigenvalue weighted by atomic mass is 10.0. The third kappa shape index (κ3) is 2.04. The van der Waals surface area contributed by atoms with Crippen molar-refractivity contribution in [1.29, 1.82) is 0 Å². The maximum Gasteiger partial charge on any atom is 0.203 e. The van der Waals surface area contributed by atoms with Crippen molar-refractivity contribution in [1.82, 2.24) is 9.55 Å². The molecular formula is C15H27N3. The summed E-state index contributed by atoms with van der Waals surface area (Å²) in [6.45, 7) is 14.7. The number of nitrogens with zero attached hydrogens (tertiary/aromatic N) is 2. The van der Waals surface area contributed by atoms with Crippen LogP contribution in [0.15, 0.2) is 6.20 Å². The first kappa shape index (κ1) is 13.4. The summed E-state index contributed by atoms with van der Waals surface area (Å²) in [6.07, 6.45) is 4.58. The average Bonchev–Trinajstić information content (AvgIpc) is 2.60. The van der Waals surface area contributed by atoms with Crippen molar-refractivity contribution in [2.75, 3.05) is 5.32 Å². The van der Waals surface area contributed by atoms with E-state index in [0.717, 1.165) is 18.2 Å². The molecule has 3 heteroatoms. The first-order valence-electron chi connectivity index (χ1n) is 7.11. The lowest BCUT2D eigenvalue weighted by Crippen LogP contribution is -2.14. The normalized spacial score (nSPS) is 21.0. The van der Waals surface area contributed by atoms with Crippen LogP contribution in [0.2, 0.25) is 0 Å². The largest absolute Gasteiger partial charge is 0.352 e. The number of rotatable bonds is 5. The average molecular weight is 249 g/mol. The van der Waals surface area contributed by atoms with E-state index in [4.69, 9.17) is 0 Å². The first-order valence-corrected chi connectivity index (χ1v) is 7.11. The van der Waals surface area contributed by atoms with Crippen LogP contribution in [-0.2, 0) is 6.54 Å². The van der Waals surface area contributed by atoms with Crippen LogP contribution in [0.5, 0.6) is 0 Å². The molecule has 1 aliphatic carbocycles.